The molecule has 0 bridgehead atoms. The normalized spacial score (nSPS) is 17.9. The maximum absolute atomic E-state index is 4.02. The first-order valence-electron chi connectivity index (χ1n) is 5.52. The molecule has 0 spiro atoms. The molecule has 1 atom stereocenters. The van der Waals surface area contributed by atoms with Crippen LogP contribution < -0.4 is 5.32 Å². The number of aromatic nitrogens is 2. The summed E-state index contributed by atoms with van der Waals surface area (Å²) in [7, 11) is 0. The van der Waals surface area contributed by atoms with Crippen LogP contribution in [0.3, 0.4) is 0 Å². The van der Waals surface area contributed by atoms with Gasteiger partial charge in [0.15, 0.2) is 0 Å². The molecule has 1 aromatic carbocycles. The van der Waals surface area contributed by atoms with Gasteiger partial charge in [-0.05, 0) is 43.9 Å². The third-order valence-electron chi connectivity index (χ3n) is 3.17. The molecule has 1 aliphatic carbocycles. The van der Waals surface area contributed by atoms with Crippen molar-refractivity contribution in [3.63, 3.8) is 0 Å². The second kappa shape index (κ2) is 3.26. The third-order valence-corrected chi connectivity index (χ3v) is 3.17. The van der Waals surface area contributed by atoms with Gasteiger partial charge in [-0.3, -0.25) is 5.10 Å². The molecule has 0 radical (unpaired) electrons. The van der Waals surface area contributed by atoms with Crippen LogP contribution in [0.15, 0.2) is 24.4 Å². The summed E-state index contributed by atoms with van der Waals surface area (Å²) in [5.74, 6) is 0.877. The first-order valence-corrected chi connectivity index (χ1v) is 5.52. The van der Waals surface area contributed by atoms with Gasteiger partial charge in [-0.25, -0.2) is 0 Å². The summed E-state index contributed by atoms with van der Waals surface area (Å²) in [6.45, 7) is 2.26. The smallest absolute Gasteiger partial charge is 0.0670 e. The molecule has 3 rings (SSSR count). The van der Waals surface area contributed by atoms with Gasteiger partial charge in [-0.1, -0.05) is 0 Å². The Morgan fingerprint density at radius 3 is 3.13 bits per heavy atom. The highest BCUT2D eigenvalue weighted by molar-refractivity contribution is 5.81. The largest absolute Gasteiger partial charge is 0.382 e. The SMILES string of the molecule is CC(Nc1ccc2cn[nH]c2c1)C1CC1. The Morgan fingerprint density at radius 1 is 1.47 bits per heavy atom. The van der Waals surface area contributed by atoms with Crippen molar-refractivity contribution < 1.29 is 0 Å². The minimum atomic E-state index is 0.588. The Labute approximate surface area is 88.9 Å². The summed E-state index contributed by atoms with van der Waals surface area (Å²) in [4.78, 5) is 0. The van der Waals surface area contributed by atoms with Crippen molar-refractivity contribution in [3.05, 3.63) is 24.4 Å². The van der Waals surface area contributed by atoms with E-state index in [2.05, 4.69) is 40.6 Å². The van der Waals surface area contributed by atoms with Gasteiger partial charge in [0.1, 0.15) is 0 Å². The fourth-order valence-electron chi connectivity index (χ4n) is 2.00. The zero-order valence-corrected chi connectivity index (χ0v) is 8.83. The van der Waals surface area contributed by atoms with E-state index in [1.54, 1.807) is 0 Å². The fraction of sp³-hybridized carbons (Fsp3) is 0.417. The second-order valence-electron chi connectivity index (χ2n) is 4.44. The van der Waals surface area contributed by atoms with E-state index < -0.39 is 0 Å². The number of fused-ring (bicyclic) bond motifs is 1. The van der Waals surface area contributed by atoms with Crippen molar-refractivity contribution in [2.45, 2.75) is 25.8 Å². The van der Waals surface area contributed by atoms with E-state index in [-0.39, 0.29) is 0 Å². The first-order chi connectivity index (χ1) is 7.33. The van der Waals surface area contributed by atoms with Crippen LogP contribution in [0.4, 0.5) is 5.69 Å². The van der Waals surface area contributed by atoms with Crippen LogP contribution in [-0.4, -0.2) is 16.2 Å². The minimum absolute atomic E-state index is 0.588. The van der Waals surface area contributed by atoms with E-state index in [4.69, 9.17) is 0 Å². The standard InChI is InChI=1S/C12H15N3/c1-8(9-2-3-9)14-11-5-4-10-7-13-15-12(10)6-11/h4-9,14H,2-3H2,1H3,(H,13,15). The topological polar surface area (TPSA) is 40.7 Å². The van der Waals surface area contributed by atoms with Crippen molar-refractivity contribution in [1.29, 1.82) is 0 Å². The monoisotopic (exact) mass is 201 g/mol. The number of aromatic amines is 1. The molecule has 3 nitrogen and oxygen atoms in total. The average molecular weight is 201 g/mol. The molecule has 1 heterocycles. The van der Waals surface area contributed by atoms with Crippen LogP contribution in [0.5, 0.6) is 0 Å². The van der Waals surface area contributed by atoms with E-state index in [0.717, 1.165) is 11.4 Å². The summed E-state index contributed by atoms with van der Waals surface area (Å²) in [6.07, 6.45) is 4.60. The Hall–Kier alpha value is -1.51. The maximum Gasteiger partial charge on any atom is 0.0670 e. The zero-order valence-electron chi connectivity index (χ0n) is 8.83. The predicted molar refractivity (Wildman–Crippen MR) is 61.9 cm³/mol. The van der Waals surface area contributed by atoms with E-state index in [1.807, 2.05) is 6.20 Å². The number of anilines is 1. The molecule has 3 heteroatoms. The predicted octanol–water partition coefficient (Wildman–Crippen LogP) is 2.77. The number of nitrogens with zero attached hydrogens (tertiary/aromatic N) is 1. The van der Waals surface area contributed by atoms with E-state index >= 15 is 0 Å². The van der Waals surface area contributed by atoms with Gasteiger partial charge >= 0.3 is 0 Å². The zero-order chi connectivity index (χ0) is 10.3. The van der Waals surface area contributed by atoms with Gasteiger partial charge in [-0.2, -0.15) is 5.10 Å². The molecule has 1 saturated carbocycles. The van der Waals surface area contributed by atoms with Crippen molar-refractivity contribution in [3.8, 4) is 0 Å². The van der Waals surface area contributed by atoms with E-state index in [9.17, 15) is 0 Å². The maximum atomic E-state index is 4.02. The molecule has 1 unspecified atom stereocenters. The average Bonchev–Trinajstić information content (AvgIpc) is 2.98. The molecule has 15 heavy (non-hydrogen) atoms. The third kappa shape index (κ3) is 1.69. The first kappa shape index (κ1) is 8.77. The van der Waals surface area contributed by atoms with Gasteiger partial charge in [0.25, 0.3) is 0 Å². The van der Waals surface area contributed by atoms with Crippen LogP contribution in [0.1, 0.15) is 19.8 Å². The van der Waals surface area contributed by atoms with Crippen molar-refractivity contribution in [1.82, 2.24) is 10.2 Å². The fourth-order valence-corrected chi connectivity index (χ4v) is 2.00. The number of benzene rings is 1. The van der Waals surface area contributed by atoms with Gasteiger partial charge in [-0.15, -0.1) is 0 Å². The number of hydrogen-bond acceptors (Lipinski definition) is 2. The highest BCUT2D eigenvalue weighted by atomic mass is 15.1. The van der Waals surface area contributed by atoms with Crippen molar-refractivity contribution >= 4 is 16.6 Å². The van der Waals surface area contributed by atoms with Crippen molar-refractivity contribution in [2.75, 3.05) is 5.32 Å². The van der Waals surface area contributed by atoms with Crippen molar-refractivity contribution in [2.24, 2.45) is 5.92 Å². The molecule has 1 aliphatic rings. The highest BCUT2D eigenvalue weighted by Gasteiger charge is 2.27. The highest BCUT2D eigenvalue weighted by Crippen LogP contribution is 2.34. The van der Waals surface area contributed by atoms with E-state index in [1.165, 1.54) is 23.9 Å². The lowest BCUT2D eigenvalue weighted by atomic mass is 10.2. The molecule has 1 fully saturated rings. The number of rotatable bonds is 3. The molecule has 0 amide bonds. The number of H-pyrrole nitrogens is 1. The Bertz CT molecular complexity index is 470. The summed E-state index contributed by atoms with van der Waals surface area (Å²) in [5.41, 5.74) is 2.29. The second-order valence-corrected chi connectivity index (χ2v) is 4.44. The van der Waals surface area contributed by atoms with Gasteiger partial charge in [0.2, 0.25) is 0 Å². The lowest BCUT2D eigenvalue weighted by Crippen LogP contribution is -2.16. The van der Waals surface area contributed by atoms with Crippen LogP contribution in [0, 0.1) is 5.92 Å². The molecule has 2 N–H and O–H groups in total. The van der Waals surface area contributed by atoms with Crippen LogP contribution in [-0.2, 0) is 0 Å². The summed E-state index contributed by atoms with van der Waals surface area (Å²) >= 11 is 0. The van der Waals surface area contributed by atoms with Gasteiger partial charge < -0.3 is 5.32 Å². The summed E-state index contributed by atoms with van der Waals surface area (Å²) in [5, 5.41) is 11.7. The van der Waals surface area contributed by atoms with Crippen LogP contribution in [0.2, 0.25) is 0 Å². The van der Waals surface area contributed by atoms with Gasteiger partial charge in [0.05, 0.1) is 11.7 Å². The number of nitrogens with one attached hydrogen (secondary N) is 2. The van der Waals surface area contributed by atoms with Crippen LogP contribution >= 0.6 is 0 Å². The molecule has 0 saturated heterocycles. The summed E-state index contributed by atoms with van der Waals surface area (Å²) < 4.78 is 0. The summed E-state index contributed by atoms with van der Waals surface area (Å²) in [6, 6.07) is 6.93. The Balaban J connectivity index is 1.83. The molecule has 1 aromatic heterocycles. The molecular weight excluding hydrogens is 186 g/mol. The quantitative estimate of drug-likeness (QED) is 0.801. The molecule has 2 aromatic rings. The van der Waals surface area contributed by atoms with Gasteiger partial charge in [0, 0.05) is 17.1 Å². The number of hydrogen-bond donors (Lipinski definition) is 2. The molecule has 0 aliphatic heterocycles. The van der Waals surface area contributed by atoms with E-state index in [0.29, 0.717) is 6.04 Å². The Kier molecular flexibility index (Phi) is 1.91. The Morgan fingerprint density at radius 2 is 2.33 bits per heavy atom. The molecule has 78 valence electrons. The minimum Gasteiger partial charge on any atom is -0.382 e. The molecular formula is C12H15N3. The lowest BCUT2D eigenvalue weighted by Gasteiger charge is -2.13. The lowest BCUT2D eigenvalue weighted by molar-refractivity contribution is 0.694. The van der Waals surface area contributed by atoms with Crippen LogP contribution in [0.25, 0.3) is 10.9 Å².